The Kier molecular flexibility index (Phi) is 6.72. The SMILES string of the molecule is Cc1cc(-c2[nH]nc(-c3ccc(C(C)N(C)C(=O)[C@@H]4CCCN4C4COC4)cc3)c2C(C)C)cn2ncnc12. The highest BCUT2D eigenvalue weighted by Gasteiger charge is 2.40. The quantitative estimate of drug-likeness (QED) is 0.378. The Bertz CT molecular complexity index is 1490. The number of likely N-dealkylation sites (N-methyl/N-ethyl adjacent to an activating group) is 1. The first-order chi connectivity index (χ1) is 18.8. The van der Waals surface area contributed by atoms with Gasteiger partial charge in [-0.1, -0.05) is 38.1 Å². The third kappa shape index (κ3) is 4.53. The van der Waals surface area contributed by atoms with Gasteiger partial charge in [-0.3, -0.25) is 14.8 Å². The van der Waals surface area contributed by atoms with Crippen LogP contribution >= 0.6 is 0 Å². The summed E-state index contributed by atoms with van der Waals surface area (Å²) in [6.07, 6.45) is 5.57. The van der Waals surface area contributed by atoms with Gasteiger partial charge in [-0.15, -0.1) is 0 Å². The molecule has 9 nitrogen and oxygen atoms in total. The molecule has 1 unspecified atom stereocenters. The molecule has 0 aliphatic carbocycles. The Morgan fingerprint density at radius 1 is 1.15 bits per heavy atom. The molecule has 6 rings (SSSR count). The molecule has 2 fully saturated rings. The zero-order valence-corrected chi connectivity index (χ0v) is 23.4. The Balaban J connectivity index is 1.24. The third-order valence-electron chi connectivity index (χ3n) is 8.49. The van der Waals surface area contributed by atoms with Crippen LogP contribution < -0.4 is 0 Å². The molecule has 2 atom stereocenters. The van der Waals surface area contributed by atoms with Crippen LogP contribution in [0.4, 0.5) is 0 Å². The molecule has 1 aromatic carbocycles. The number of nitrogens with zero attached hydrogens (tertiary/aromatic N) is 6. The lowest BCUT2D eigenvalue weighted by atomic mass is 9.93. The maximum absolute atomic E-state index is 13.5. The Morgan fingerprint density at radius 3 is 2.62 bits per heavy atom. The van der Waals surface area contributed by atoms with Crippen molar-refractivity contribution in [1.29, 1.82) is 0 Å². The predicted octanol–water partition coefficient (Wildman–Crippen LogP) is 4.60. The number of nitrogens with one attached hydrogen (secondary N) is 1. The topological polar surface area (TPSA) is 91.7 Å². The normalized spacial score (nSPS) is 19.1. The second-order valence-electron chi connectivity index (χ2n) is 11.3. The predicted molar refractivity (Wildman–Crippen MR) is 150 cm³/mol. The largest absolute Gasteiger partial charge is 0.378 e. The van der Waals surface area contributed by atoms with Crippen molar-refractivity contribution in [2.45, 2.75) is 64.6 Å². The minimum Gasteiger partial charge on any atom is -0.378 e. The molecular weight excluding hydrogens is 490 g/mol. The molecular formula is C30H37N7O2. The van der Waals surface area contributed by atoms with Gasteiger partial charge in [0, 0.05) is 29.9 Å². The number of hydrogen-bond acceptors (Lipinski definition) is 6. The molecule has 5 heterocycles. The molecule has 1 N–H and O–H groups in total. The van der Waals surface area contributed by atoms with E-state index in [2.05, 4.69) is 71.2 Å². The molecule has 39 heavy (non-hydrogen) atoms. The van der Waals surface area contributed by atoms with Gasteiger partial charge in [0.25, 0.3) is 0 Å². The lowest BCUT2D eigenvalue weighted by Gasteiger charge is -2.39. The Labute approximate surface area is 229 Å². The number of rotatable bonds is 7. The van der Waals surface area contributed by atoms with Crippen molar-refractivity contribution in [3.05, 3.63) is 59.5 Å². The van der Waals surface area contributed by atoms with Gasteiger partial charge in [0.1, 0.15) is 6.33 Å². The van der Waals surface area contributed by atoms with E-state index in [-0.39, 0.29) is 23.9 Å². The van der Waals surface area contributed by atoms with Crippen LogP contribution in [0.15, 0.2) is 42.9 Å². The van der Waals surface area contributed by atoms with Gasteiger partial charge in [-0.25, -0.2) is 9.50 Å². The second-order valence-corrected chi connectivity index (χ2v) is 11.3. The summed E-state index contributed by atoms with van der Waals surface area (Å²) < 4.78 is 7.20. The number of hydrogen-bond donors (Lipinski definition) is 1. The summed E-state index contributed by atoms with van der Waals surface area (Å²) in [5.41, 5.74) is 8.24. The zero-order valence-electron chi connectivity index (χ0n) is 23.4. The van der Waals surface area contributed by atoms with Crippen molar-refractivity contribution >= 4 is 11.6 Å². The summed E-state index contributed by atoms with van der Waals surface area (Å²) in [5, 5.41) is 12.4. The van der Waals surface area contributed by atoms with Crippen molar-refractivity contribution in [1.82, 2.24) is 34.6 Å². The molecule has 0 bridgehead atoms. The van der Waals surface area contributed by atoms with E-state index in [4.69, 9.17) is 9.84 Å². The molecule has 0 spiro atoms. The van der Waals surface area contributed by atoms with Crippen molar-refractivity contribution < 1.29 is 9.53 Å². The minimum absolute atomic E-state index is 0.0247. The number of amides is 1. The Hall–Kier alpha value is -3.56. The van der Waals surface area contributed by atoms with Gasteiger partial charge >= 0.3 is 0 Å². The number of benzene rings is 1. The summed E-state index contributed by atoms with van der Waals surface area (Å²) in [5.74, 6) is 0.466. The van der Waals surface area contributed by atoms with Crippen LogP contribution in [0, 0.1) is 6.92 Å². The summed E-state index contributed by atoms with van der Waals surface area (Å²) in [7, 11) is 1.93. The fraction of sp³-hybridized carbons (Fsp3) is 0.467. The number of aryl methyl sites for hydroxylation is 1. The number of carbonyl (C=O) groups is 1. The Morgan fingerprint density at radius 2 is 1.92 bits per heavy atom. The van der Waals surface area contributed by atoms with Crippen LogP contribution in [-0.4, -0.2) is 79.4 Å². The molecule has 2 aliphatic heterocycles. The van der Waals surface area contributed by atoms with Gasteiger partial charge in [-0.2, -0.15) is 10.2 Å². The molecule has 0 radical (unpaired) electrons. The van der Waals surface area contributed by atoms with E-state index >= 15 is 0 Å². The maximum Gasteiger partial charge on any atom is 0.240 e. The van der Waals surface area contributed by atoms with Crippen LogP contribution in [0.25, 0.3) is 28.2 Å². The lowest BCUT2D eigenvalue weighted by Crippen LogP contribution is -2.55. The van der Waals surface area contributed by atoms with E-state index in [9.17, 15) is 4.79 Å². The van der Waals surface area contributed by atoms with Gasteiger partial charge in [0.05, 0.1) is 42.7 Å². The van der Waals surface area contributed by atoms with Crippen LogP contribution in [0.3, 0.4) is 0 Å². The van der Waals surface area contributed by atoms with E-state index in [1.54, 1.807) is 6.33 Å². The molecule has 4 aromatic rings. The average molecular weight is 528 g/mol. The maximum atomic E-state index is 13.5. The van der Waals surface area contributed by atoms with E-state index in [1.165, 1.54) is 5.56 Å². The van der Waals surface area contributed by atoms with Crippen LogP contribution in [0.1, 0.15) is 62.3 Å². The summed E-state index contributed by atoms with van der Waals surface area (Å²) in [6.45, 7) is 11.0. The number of likely N-dealkylation sites (tertiary alicyclic amines) is 1. The minimum atomic E-state index is -0.0397. The third-order valence-corrected chi connectivity index (χ3v) is 8.49. The van der Waals surface area contributed by atoms with Crippen LogP contribution in [0.2, 0.25) is 0 Å². The van der Waals surface area contributed by atoms with Gasteiger partial charge in [0.2, 0.25) is 5.91 Å². The van der Waals surface area contributed by atoms with E-state index in [0.29, 0.717) is 6.04 Å². The average Bonchev–Trinajstić information content (AvgIpc) is 3.66. The van der Waals surface area contributed by atoms with Crippen LogP contribution in [0.5, 0.6) is 0 Å². The highest BCUT2D eigenvalue weighted by Crippen LogP contribution is 2.36. The first kappa shape index (κ1) is 25.7. The van der Waals surface area contributed by atoms with Crippen molar-refractivity contribution in [3.63, 3.8) is 0 Å². The number of fused-ring (bicyclic) bond motifs is 1. The van der Waals surface area contributed by atoms with Gasteiger partial charge in [-0.05, 0) is 56.3 Å². The van der Waals surface area contributed by atoms with E-state index in [1.807, 2.05) is 29.6 Å². The first-order valence-electron chi connectivity index (χ1n) is 13.9. The molecule has 2 aliphatic rings. The molecule has 2 saturated heterocycles. The molecule has 204 valence electrons. The lowest BCUT2D eigenvalue weighted by molar-refractivity contribution is -0.141. The monoisotopic (exact) mass is 527 g/mol. The number of carbonyl (C=O) groups excluding carboxylic acids is 1. The smallest absolute Gasteiger partial charge is 0.240 e. The fourth-order valence-electron chi connectivity index (χ4n) is 6.06. The van der Waals surface area contributed by atoms with Crippen molar-refractivity contribution in [2.24, 2.45) is 0 Å². The fourth-order valence-corrected chi connectivity index (χ4v) is 6.06. The summed E-state index contributed by atoms with van der Waals surface area (Å²) in [6, 6.07) is 10.9. The summed E-state index contributed by atoms with van der Waals surface area (Å²) in [4.78, 5) is 22.1. The number of aromatic amines is 1. The van der Waals surface area contributed by atoms with Crippen LogP contribution in [-0.2, 0) is 9.53 Å². The van der Waals surface area contributed by atoms with Gasteiger partial charge in [0.15, 0.2) is 5.65 Å². The van der Waals surface area contributed by atoms with E-state index in [0.717, 1.165) is 71.9 Å². The molecule has 0 saturated carbocycles. The van der Waals surface area contributed by atoms with E-state index < -0.39 is 0 Å². The highest BCUT2D eigenvalue weighted by molar-refractivity contribution is 5.82. The molecule has 3 aromatic heterocycles. The number of aromatic nitrogens is 5. The van der Waals surface area contributed by atoms with Gasteiger partial charge < -0.3 is 9.64 Å². The van der Waals surface area contributed by atoms with Crippen molar-refractivity contribution in [2.75, 3.05) is 26.8 Å². The summed E-state index contributed by atoms with van der Waals surface area (Å²) >= 11 is 0. The van der Waals surface area contributed by atoms with Crippen molar-refractivity contribution in [3.8, 4) is 22.5 Å². The zero-order chi connectivity index (χ0) is 27.3. The first-order valence-corrected chi connectivity index (χ1v) is 13.9. The molecule has 1 amide bonds. The number of pyridine rings is 1. The standard InChI is InChI=1S/C30H37N7O2/c1-18(2)26-27(33-34-28(26)23-13-19(3)29-31-17-32-37(29)14-23)22-10-8-21(9-11-22)20(4)35(5)30(38)25-7-6-12-36(25)24-15-39-16-24/h8-11,13-14,17-18,20,24-25H,6-7,12,15-16H2,1-5H3,(H,33,34)/t20?,25-/m0/s1. The molecule has 9 heteroatoms. The highest BCUT2D eigenvalue weighted by atomic mass is 16.5. The second kappa shape index (κ2) is 10.2. The number of H-pyrrole nitrogens is 1. The number of ether oxygens (including phenoxy) is 1.